The molecule has 1 amide bonds. The van der Waals surface area contributed by atoms with Crippen LogP contribution in [0.4, 0.5) is 5.95 Å². The van der Waals surface area contributed by atoms with E-state index >= 15 is 0 Å². The Labute approximate surface area is 147 Å². The first-order valence-electron chi connectivity index (χ1n) is 8.98. The van der Waals surface area contributed by atoms with Crippen LogP contribution in [0.1, 0.15) is 43.2 Å². The predicted molar refractivity (Wildman–Crippen MR) is 91.9 cm³/mol. The standard InChI is InChI=1S/C18H23N5O2/c1-13-11-15(21-25-13)16-6-3-10-23(16)17(24)14-5-2-9-22(12-14)18-19-7-4-8-20-18/h4,7-8,11,14,16H,2-3,5-6,9-10,12H2,1H3/t14-,16-/m1/s1. The van der Waals surface area contributed by atoms with Gasteiger partial charge in [-0.1, -0.05) is 5.16 Å². The highest BCUT2D eigenvalue weighted by molar-refractivity contribution is 5.80. The number of hydrogen-bond donors (Lipinski definition) is 0. The SMILES string of the molecule is Cc1cc([C@H]2CCCN2C(=O)[C@@H]2CCCN(c3ncccn3)C2)no1. The van der Waals surface area contributed by atoms with Gasteiger partial charge in [0.05, 0.1) is 12.0 Å². The van der Waals surface area contributed by atoms with Crippen LogP contribution in [-0.4, -0.2) is 45.6 Å². The Morgan fingerprint density at radius 3 is 2.76 bits per heavy atom. The molecule has 2 aromatic heterocycles. The topological polar surface area (TPSA) is 75.4 Å². The third-order valence-electron chi connectivity index (χ3n) is 5.13. The van der Waals surface area contributed by atoms with E-state index in [-0.39, 0.29) is 17.9 Å². The Morgan fingerprint density at radius 2 is 2.00 bits per heavy atom. The highest BCUT2D eigenvalue weighted by atomic mass is 16.5. The van der Waals surface area contributed by atoms with Gasteiger partial charge in [0, 0.05) is 38.1 Å². The van der Waals surface area contributed by atoms with Crippen molar-refractivity contribution in [2.24, 2.45) is 5.92 Å². The minimum Gasteiger partial charge on any atom is -0.361 e. The van der Waals surface area contributed by atoms with E-state index in [0.29, 0.717) is 12.5 Å². The predicted octanol–water partition coefficient (Wildman–Crippen LogP) is 2.35. The van der Waals surface area contributed by atoms with Gasteiger partial charge in [0.2, 0.25) is 11.9 Å². The molecule has 0 unspecified atom stereocenters. The first-order chi connectivity index (χ1) is 12.2. The van der Waals surface area contributed by atoms with Crippen LogP contribution in [0.25, 0.3) is 0 Å². The fraction of sp³-hybridized carbons (Fsp3) is 0.556. The highest BCUT2D eigenvalue weighted by Gasteiger charge is 2.37. The Bertz CT molecular complexity index is 732. The lowest BCUT2D eigenvalue weighted by Crippen LogP contribution is -2.45. The second-order valence-electron chi connectivity index (χ2n) is 6.89. The average Bonchev–Trinajstić information content (AvgIpc) is 3.30. The van der Waals surface area contributed by atoms with Crippen molar-refractivity contribution >= 4 is 11.9 Å². The zero-order valence-corrected chi connectivity index (χ0v) is 14.5. The molecule has 2 saturated heterocycles. The molecule has 0 radical (unpaired) electrons. The van der Waals surface area contributed by atoms with Crippen molar-refractivity contribution in [2.75, 3.05) is 24.5 Å². The van der Waals surface area contributed by atoms with Gasteiger partial charge >= 0.3 is 0 Å². The first-order valence-corrected chi connectivity index (χ1v) is 8.98. The minimum absolute atomic E-state index is 0.00819. The third-order valence-corrected chi connectivity index (χ3v) is 5.13. The largest absolute Gasteiger partial charge is 0.361 e. The lowest BCUT2D eigenvalue weighted by Gasteiger charge is -2.35. The molecule has 0 N–H and O–H groups in total. The quantitative estimate of drug-likeness (QED) is 0.853. The zero-order valence-electron chi connectivity index (χ0n) is 14.5. The molecule has 2 fully saturated rings. The molecule has 25 heavy (non-hydrogen) atoms. The van der Waals surface area contributed by atoms with E-state index in [4.69, 9.17) is 4.52 Å². The molecule has 132 valence electrons. The van der Waals surface area contributed by atoms with Crippen molar-refractivity contribution in [1.82, 2.24) is 20.0 Å². The van der Waals surface area contributed by atoms with Gasteiger partial charge in [0.25, 0.3) is 0 Å². The van der Waals surface area contributed by atoms with Gasteiger partial charge in [0.15, 0.2) is 0 Å². The van der Waals surface area contributed by atoms with E-state index in [9.17, 15) is 4.79 Å². The van der Waals surface area contributed by atoms with E-state index in [1.807, 2.05) is 24.0 Å². The molecule has 2 aromatic rings. The summed E-state index contributed by atoms with van der Waals surface area (Å²) < 4.78 is 5.21. The van der Waals surface area contributed by atoms with Crippen LogP contribution in [0.3, 0.4) is 0 Å². The van der Waals surface area contributed by atoms with Gasteiger partial charge < -0.3 is 14.3 Å². The maximum atomic E-state index is 13.2. The van der Waals surface area contributed by atoms with Crippen molar-refractivity contribution < 1.29 is 9.32 Å². The molecule has 0 spiro atoms. The number of rotatable bonds is 3. The normalized spacial score (nSPS) is 23.9. The fourth-order valence-corrected chi connectivity index (χ4v) is 3.93. The number of piperidine rings is 1. The van der Waals surface area contributed by atoms with Crippen molar-refractivity contribution in [3.05, 3.63) is 36.0 Å². The molecule has 0 aliphatic carbocycles. The van der Waals surface area contributed by atoms with Gasteiger partial charge in [-0.15, -0.1) is 0 Å². The first kappa shape index (κ1) is 16.1. The Kier molecular flexibility index (Phi) is 4.38. The van der Waals surface area contributed by atoms with Crippen LogP contribution < -0.4 is 4.90 Å². The van der Waals surface area contributed by atoms with Crippen LogP contribution in [0.2, 0.25) is 0 Å². The van der Waals surface area contributed by atoms with Crippen LogP contribution in [0.5, 0.6) is 0 Å². The molecular formula is C18H23N5O2. The van der Waals surface area contributed by atoms with E-state index < -0.39 is 0 Å². The minimum atomic E-state index is -0.00819. The third kappa shape index (κ3) is 3.23. The summed E-state index contributed by atoms with van der Waals surface area (Å²) in [4.78, 5) is 25.9. The number of nitrogens with zero attached hydrogens (tertiary/aromatic N) is 5. The number of amides is 1. The Morgan fingerprint density at radius 1 is 1.20 bits per heavy atom. The van der Waals surface area contributed by atoms with E-state index in [1.165, 1.54) is 0 Å². The number of carbonyl (C=O) groups excluding carboxylic acids is 1. The van der Waals surface area contributed by atoms with Gasteiger partial charge in [-0.3, -0.25) is 4.79 Å². The maximum Gasteiger partial charge on any atom is 0.228 e. The lowest BCUT2D eigenvalue weighted by atomic mass is 9.96. The average molecular weight is 341 g/mol. The molecule has 0 saturated carbocycles. The molecule has 0 bridgehead atoms. The smallest absolute Gasteiger partial charge is 0.228 e. The molecular weight excluding hydrogens is 318 g/mol. The van der Waals surface area contributed by atoms with Gasteiger partial charge in [-0.25, -0.2) is 9.97 Å². The van der Waals surface area contributed by atoms with Crippen molar-refractivity contribution in [1.29, 1.82) is 0 Å². The number of carbonyl (C=O) groups is 1. The molecule has 2 aliphatic rings. The second-order valence-corrected chi connectivity index (χ2v) is 6.89. The highest BCUT2D eigenvalue weighted by Crippen LogP contribution is 2.34. The molecule has 4 heterocycles. The van der Waals surface area contributed by atoms with Crippen LogP contribution in [0, 0.1) is 12.8 Å². The second kappa shape index (κ2) is 6.82. The molecule has 0 aromatic carbocycles. The molecule has 7 heteroatoms. The number of aryl methyl sites for hydroxylation is 1. The van der Waals surface area contributed by atoms with Gasteiger partial charge in [-0.2, -0.15) is 0 Å². The summed E-state index contributed by atoms with van der Waals surface area (Å²) >= 11 is 0. The van der Waals surface area contributed by atoms with Crippen LogP contribution in [0.15, 0.2) is 29.0 Å². The molecule has 2 aliphatic heterocycles. The summed E-state index contributed by atoms with van der Waals surface area (Å²) in [5, 5.41) is 4.14. The summed E-state index contributed by atoms with van der Waals surface area (Å²) in [6, 6.07) is 3.81. The van der Waals surface area contributed by atoms with Gasteiger partial charge in [0.1, 0.15) is 11.5 Å². The molecule has 4 rings (SSSR count). The van der Waals surface area contributed by atoms with E-state index in [2.05, 4.69) is 20.0 Å². The molecule has 7 nitrogen and oxygen atoms in total. The summed E-state index contributed by atoms with van der Waals surface area (Å²) in [5.74, 6) is 1.72. The van der Waals surface area contributed by atoms with E-state index in [0.717, 1.165) is 50.2 Å². The number of hydrogen-bond acceptors (Lipinski definition) is 6. The Balaban J connectivity index is 1.48. The summed E-state index contributed by atoms with van der Waals surface area (Å²) in [6.07, 6.45) is 7.37. The number of anilines is 1. The van der Waals surface area contributed by atoms with Crippen LogP contribution in [-0.2, 0) is 4.79 Å². The fourth-order valence-electron chi connectivity index (χ4n) is 3.93. The monoisotopic (exact) mass is 341 g/mol. The van der Waals surface area contributed by atoms with Crippen molar-refractivity contribution in [3.63, 3.8) is 0 Å². The van der Waals surface area contributed by atoms with Crippen LogP contribution >= 0.6 is 0 Å². The summed E-state index contributed by atoms with van der Waals surface area (Å²) in [5.41, 5.74) is 0.877. The van der Waals surface area contributed by atoms with E-state index in [1.54, 1.807) is 12.4 Å². The summed E-state index contributed by atoms with van der Waals surface area (Å²) in [6.45, 7) is 4.27. The van der Waals surface area contributed by atoms with Crippen molar-refractivity contribution in [3.8, 4) is 0 Å². The number of likely N-dealkylation sites (tertiary alicyclic amines) is 1. The lowest BCUT2D eigenvalue weighted by molar-refractivity contribution is -0.136. The number of aromatic nitrogens is 3. The summed E-state index contributed by atoms with van der Waals surface area (Å²) in [7, 11) is 0. The maximum absolute atomic E-state index is 13.2. The molecule has 2 atom stereocenters. The Hall–Kier alpha value is -2.44. The van der Waals surface area contributed by atoms with Gasteiger partial charge in [-0.05, 0) is 38.7 Å². The zero-order chi connectivity index (χ0) is 17.2. The van der Waals surface area contributed by atoms with Crippen molar-refractivity contribution in [2.45, 2.75) is 38.6 Å².